The third kappa shape index (κ3) is 5.04. The van der Waals surface area contributed by atoms with E-state index in [-0.39, 0.29) is 18.4 Å². The Kier molecular flexibility index (Phi) is 4.34. The lowest BCUT2D eigenvalue weighted by Crippen LogP contribution is -2.43. The lowest BCUT2D eigenvalue weighted by molar-refractivity contribution is -0.138. The van der Waals surface area contributed by atoms with Gasteiger partial charge in [-0.15, -0.1) is 0 Å². The lowest BCUT2D eigenvalue weighted by atomic mass is 10.0. The van der Waals surface area contributed by atoms with Crippen molar-refractivity contribution in [2.75, 3.05) is 13.1 Å². The van der Waals surface area contributed by atoms with Gasteiger partial charge in [-0.25, -0.2) is 4.79 Å². The summed E-state index contributed by atoms with van der Waals surface area (Å²) in [6, 6.07) is -0.180. The second-order valence-corrected chi connectivity index (χ2v) is 5.27. The third-order valence-electron chi connectivity index (χ3n) is 2.48. The van der Waals surface area contributed by atoms with Crippen molar-refractivity contribution in [2.24, 2.45) is 5.92 Å². The van der Waals surface area contributed by atoms with E-state index in [9.17, 15) is 9.59 Å². The molecule has 1 saturated heterocycles. The molecule has 17 heavy (non-hydrogen) atoms. The molecule has 1 rings (SSSR count). The number of aliphatic carboxylic acids is 1. The van der Waals surface area contributed by atoms with Crippen LogP contribution in [0.25, 0.3) is 0 Å². The van der Waals surface area contributed by atoms with Gasteiger partial charge in [0.2, 0.25) is 0 Å². The molecule has 6 nitrogen and oxygen atoms in total. The Morgan fingerprint density at radius 3 is 2.59 bits per heavy atom. The molecule has 98 valence electrons. The van der Waals surface area contributed by atoms with E-state index in [4.69, 9.17) is 9.84 Å². The fraction of sp³-hybridized carbons (Fsp3) is 0.818. The molecule has 1 heterocycles. The molecule has 6 heteroatoms. The Morgan fingerprint density at radius 2 is 2.06 bits per heavy atom. The first kappa shape index (κ1) is 13.8. The number of alkyl carbamates (subject to hydrolysis) is 1. The van der Waals surface area contributed by atoms with E-state index in [2.05, 4.69) is 10.6 Å². The van der Waals surface area contributed by atoms with E-state index in [0.717, 1.165) is 0 Å². The van der Waals surface area contributed by atoms with E-state index in [0.29, 0.717) is 13.1 Å². The Labute approximate surface area is 101 Å². The molecule has 0 aliphatic carbocycles. The molecule has 0 aromatic heterocycles. The van der Waals surface area contributed by atoms with Crippen molar-refractivity contribution in [3.05, 3.63) is 0 Å². The van der Waals surface area contributed by atoms with Crippen molar-refractivity contribution < 1.29 is 19.4 Å². The quantitative estimate of drug-likeness (QED) is 0.675. The predicted octanol–water partition coefficient (Wildman–Crippen LogP) is 0.574. The molecule has 0 radical (unpaired) electrons. The summed E-state index contributed by atoms with van der Waals surface area (Å²) >= 11 is 0. The Balaban J connectivity index is 2.44. The van der Waals surface area contributed by atoms with Crippen LogP contribution < -0.4 is 10.6 Å². The normalized spacial score (nSPS) is 24.4. The number of carbonyl (C=O) groups excluding carboxylic acids is 1. The molecule has 1 fully saturated rings. The van der Waals surface area contributed by atoms with E-state index < -0.39 is 17.7 Å². The molecule has 1 amide bonds. The third-order valence-corrected chi connectivity index (χ3v) is 2.48. The first-order valence-corrected chi connectivity index (χ1v) is 5.70. The monoisotopic (exact) mass is 244 g/mol. The van der Waals surface area contributed by atoms with Gasteiger partial charge in [-0.2, -0.15) is 0 Å². The van der Waals surface area contributed by atoms with E-state index in [1.165, 1.54) is 0 Å². The van der Waals surface area contributed by atoms with Crippen LogP contribution in [0, 0.1) is 5.92 Å². The fourth-order valence-corrected chi connectivity index (χ4v) is 1.80. The summed E-state index contributed by atoms with van der Waals surface area (Å²) < 4.78 is 5.13. The zero-order valence-electron chi connectivity index (χ0n) is 10.4. The van der Waals surface area contributed by atoms with Gasteiger partial charge in [-0.3, -0.25) is 4.79 Å². The molecule has 0 saturated carbocycles. The summed E-state index contributed by atoms with van der Waals surface area (Å²) in [6.07, 6.45) is -0.449. The summed E-state index contributed by atoms with van der Waals surface area (Å²) in [5.41, 5.74) is -0.543. The maximum atomic E-state index is 11.5. The first-order chi connectivity index (χ1) is 7.78. The van der Waals surface area contributed by atoms with Crippen molar-refractivity contribution in [3.63, 3.8) is 0 Å². The average Bonchev–Trinajstić information content (AvgIpc) is 2.47. The van der Waals surface area contributed by atoms with Crippen LogP contribution in [-0.4, -0.2) is 41.9 Å². The van der Waals surface area contributed by atoms with Crippen molar-refractivity contribution in [2.45, 2.75) is 38.8 Å². The Bertz CT molecular complexity index is 298. The van der Waals surface area contributed by atoms with Gasteiger partial charge in [0.1, 0.15) is 5.60 Å². The van der Waals surface area contributed by atoms with Crippen LogP contribution >= 0.6 is 0 Å². The number of hydrogen-bond donors (Lipinski definition) is 3. The molecule has 1 aliphatic heterocycles. The van der Waals surface area contributed by atoms with Crippen molar-refractivity contribution >= 4 is 12.1 Å². The maximum Gasteiger partial charge on any atom is 0.407 e. The van der Waals surface area contributed by atoms with Gasteiger partial charge in [-0.1, -0.05) is 0 Å². The molecule has 0 spiro atoms. The summed E-state index contributed by atoms with van der Waals surface area (Å²) in [5.74, 6) is -0.935. The minimum atomic E-state index is -0.852. The van der Waals surface area contributed by atoms with Gasteiger partial charge in [0.15, 0.2) is 0 Å². The molecule has 0 unspecified atom stereocenters. The van der Waals surface area contributed by atoms with Crippen molar-refractivity contribution in [3.8, 4) is 0 Å². The summed E-state index contributed by atoms with van der Waals surface area (Å²) in [7, 11) is 0. The standard InChI is InChI=1S/C11H20N2O4/c1-11(2,3)17-10(16)13-8-6-12-5-7(8)4-9(14)15/h7-8,12H,4-6H2,1-3H3,(H,13,16)(H,14,15)/t7-,8-/m1/s1. The molecule has 0 aromatic rings. The van der Waals surface area contributed by atoms with Gasteiger partial charge in [-0.05, 0) is 20.8 Å². The van der Waals surface area contributed by atoms with Crippen molar-refractivity contribution in [1.29, 1.82) is 0 Å². The summed E-state index contributed by atoms with van der Waals surface area (Å²) in [4.78, 5) is 22.2. The molecule has 1 aliphatic rings. The van der Waals surface area contributed by atoms with Gasteiger partial charge in [0, 0.05) is 25.0 Å². The number of carbonyl (C=O) groups is 2. The molecule has 0 aromatic carbocycles. The number of nitrogens with one attached hydrogen (secondary N) is 2. The lowest BCUT2D eigenvalue weighted by Gasteiger charge is -2.23. The second kappa shape index (κ2) is 5.35. The fourth-order valence-electron chi connectivity index (χ4n) is 1.80. The van der Waals surface area contributed by atoms with Gasteiger partial charge >= 0.3 is 12.1 Å². The Morgan fingerprint density at radius 1 is 1.41 bits per heavy atom. The zero-order valence-corrected chi connectivity index (χ0v) is 10.4. The van der Waals surface area contributed by atoms with Crippen LogP contribution in [0.1, 0.15) is 27.2 Å². The van der Waals surface area contributed by atoms with Crippen LogP contribution in [0.2, 0.25) is 0 Å². The highest BCUT2D eigenvalue weighted by Crippen LogP contribution is 2.14. The highest BCUT2D eigenvalue weighted by Gasteiger charge is 2.31. The molecule has 2 atom stereocenters. The molecular weight excluding hydrogens is 224 g/mol. The van der Waals surface area contributed by atoms with Crippen molar-refractivity contribution in [1.82, 2.24) is 10.6 Å². The van der Waals surface area contributed by atoms with Crippen LogP contribution in [0.15, 0.2) is 0 Å². The van der Waals surface area contributed by atoms with E-state index in [1.54, 1.807) is 20.8 Å². The minimum Gasteiger partial charge on any atom is -0.481 e. The Hall–Kier alpha value is -1.30. The smallest absolute Gasteiger partial charge is 0.407 e. The average molecular weight is 244 g/mol. The van der Waals surface area contributed by atoms with Gasteiger partial charge in [0.25, 0.3) is 0 Å². The van der Waals surface area contributed by atoms with Crippen LogP contribution in [0.5, 0.6) is 0 Å². The SMILES string of the molecule is CC(C)(C)OC(=O)N[C@@H]1CNC[C@H]1CC(=O)O. The largest absolute Gasteiger partial charge is 0.481 e. The topological polar surface area (TPSA) is 87.7 Å². The summed E-state index contributed by atoms with van der Waals surface area (Å²) in [5, 5.41) is 14.5. The van der Waals surface area contributed by atoms with Crippen LogP contribution in [-0.2, 0) is 9.53 Å². The van der Waals surface area contributed by atoms with Crippen LogP contribution in [0.3, 0.4) is 0 Å². The number of carboxylic acid groups (broad SMARTS) is 1. The first-order valence-electron chi connectivity index (χ1n) is 5.70. The second-order valence-electron chi connectivity index (χ2n) is 5.27. The zero-order chi connectivity index (χ0) is 13.1. The number of carboxylic acids is 1. The predicted molar refractivity (Wildman–Crippen MR) is 61.8 cm³/mol. The molecular formula is C11H20N2O4. The van der Waals surface area contributed by atoms with Gasteiger partial charge < -0.3 is 20.5 Å². The highest BCUT2D eigenvalue weighted by atomic mass is 16.6. The minimum absolute atomic E-state index is 0.0491. The molecule has 3 N–H and O–H groups in total. The number of rotatable bonds is 3. The number of hydrogen-bond acceptors (Lipinski definition) is 4. The number of ether oxygens (including phenoxy) is 1. The summed E-state index contributed by atoms with van der Waals surface area (Å²) in [6.45, 7) is 6.54. The van der Waals surface area contributed by atoms with Crippen LogP contribution in [0.4, 0.5) is 4.79 Å². The molecule has 0 bridgehead atoms. The van der Waals surface area contributed by atoms with E-state index >= 15 is 0 Å². The van der Waals surface area contributed by atoms with E-state index in [1.807, 2.05) is 0 Å². The van der Waals surface area contributed by atoms with Gasteiger partial charge in [0.05, 0.1) is 6.42 Å². The number of amides is 1. The highest BCUT2D eigenvalue weighted by molar-refractivity contribution is 5.69. The maximum absolute atomic E-state index is 11.5.